The van der Waals surface area contributed by atoms with Gasteiger partial charge in [0.25, 0.3) is 0 Å². The van der Waals surface area contributed by atoms with Crippen molar-refractivity contribution in [3.63, 3.8) is 0 Å². The summed E-state index contributed by atoms with van der Waals surface area (Å²) in [6.07, 6.45) is 1.81. The summed E-state index contributed by atoms with van der Waals surface area (Å²) in [5, 5.41) is 5.26. The number of fused-ring (bicyclic) bond motifs is 5. The maximum Gasteiger partial charge on any atom is 0.164 e. The Morgan fingerprint density at radius 2 is 1.13 bits per heavy atom. The predicted molar refractivity (Wildman–Crippen MR) is 182 cm³/mol. The van der Waals surface area contributed by atoms with E-state index in [9.17, 15) is 4.39 Å². The van der Waals surface area contributed by atoms with Crippen molar-refractivity contribution in [1.82, 2.24) is 19.9 Å². The number of hydrogen-bond donors (Lipinski definition) is 0. The smallest absolute Gasteiger partial charge is 0.164 e. The van der Waals surface area contributed by atoms with Crippen molar-refractivity contribution in [3.8, 4) is 45.3 Å². The van der Waals surface area contributed by atoms with E-state index >= 15 is 0 Å². The molecule has 5 nitrogen and oxygen atoms in total. The van der Waals surface area contributed by atoms with E-state index in [1.165, 1.54) is 12.1 Å². The van der Waals surface area contributed by atoms with Crippen LogP contribution < -0.4 is 0 Å². The molecule has 9 aromatic rings. The fraction of sp³-hybridized carbons (Fsp3) is 0. The second kappa shape index (κ2) is 10.4. The van der Waals surface area contributed by atoms with E-state index < -0.39 is 0 Å². The normalized spacial score (nSPS) is 11.6. The van der Waals surface area contributed by atoms with Gasteiger partial charge in [-0.1, -0.05) is 78.9 Å². The Kier molecular flexibility index (Phi) is 5.93. The minimum atomic E-state index is -0.320. The molecule has 0 radical (unpaired) electrons. The molecule has 3 heterocycles. The van der Waals surface area contributed by atoms with Gasteiger partial charge in [0, 0.05) is 39.0 Å². The van der Waals surface area contributed by atoms with E-state index in [0.29, 0.717) is 23.0 Å². The fourth-order valence-electron chi connectivity index (χ4n) is 6.11. The van der Waals surface area contributed by atoms with Crippen molar-refractivity contribution in [3.05, 3.63) is 145 Å². The lowest BCUT2D eigenvalue weighted by Crippen LogP contribution is -2.00. The summed E-state index contributed by atoms with van der Waals surface area (Å²) in [5.41, 5.74) is 7.00. The van der Waals surface area contributed by atoms with Crippen molar-refractivity contribution in [1.29, 1.82) is 0 Å². The van der Waals surface area contributed by atoms with Crippen LogP contribution in [-0.4, -0.2) is 19.9 Å². The number of halogens is 1. The van der Waals surface area contributed by atoms with Gasteiger partial charge in [-0.15, -0.1) is 0 Å². The number of furan rings is 1. The maximum absolute atomic E-state index is 13.9. The number of rotatable bonds is 4. The summed E-state index contributed by atoms with van der Waals surface area (Å²) in [7, 11) is 0. The van der Waals surface area contributed by atoms with Crippen LogP contribution in [0.25, 0.3) is 88.9 Å². The summed E-state index contributed by atoms with van der Waals surface area (Å²) in [6, 6.07) is 43.1. The Balaban J connectivity index is 1.21. The van der Waals surface area contributed by atoms with Gasteiger partial charge in [-0.2, -0.15) is 0 Å². The highest BCUT2D eigenvalue weighted by Crippen LogP contribution is 2.38. The van der Waals surface area contributed by atoms with Gasteiger partial charge in [0.2, 0.25) is 0 Å². The third-order valence-corrected chi connectivity index (χ3v) is 8.42. The van der Waals surface area contributed by atoms with E-state index in [4.69, 9.17) is 19.4 Å². The molecule has 3 aromatic heterocycles. The van der Waals surface area contributed by atoms with Crippen LogP contribution in [0.5, 0.6) is 0 Å². The van der Waals surface area contributed by atoms with Crippen molar-refractivity contribution in [2.75, 3.05) is 0 Å². The van der Waals surface area contributed by atoms with Gasteiger partial charge >= 0.3 is 0 Å². The zero-order chi connectivity index (χ0) is 30.6. The first kappa shape index (κ1) is 26.2. The summed E-state index contributed by atoms with van der Waals surface area (Å²) in [6.45, 7) is 0. The molecule has 6 heteroatoms. The molecule has 0 spiro atoms. The van der Waals surface area contributed by atoms with Crippen LogP contribution in [0, 0.1) is 5.82 Å². The van der Waals surface area contributed by atoms with Crippen LogP contribution in [0.3, 0.4) is 0 Å². The summed E-state index contributed by atoms with van der Waals surface area (Å²) < 4.78 is 20.2. The molecule has 0 saturated heterocycles. The first-order valence-electron chi connectivity index (χ1n) is 15.0. The monoisotopic (exact) mass is 594 g/mol. The molecule has 0 aliphatic rings. The van der Waals surface area contributed by atoms with Gasteiger partial charge in [-0.3, -0.25) is 4.98 Å². The molecule has 0 unspecified atom stereocenters. The predicted octanol–water partition coefficient (Wildman–Crippen LogP) is 10.3. The third kappa shape index (κ3) is 4.47. The number of hydrogen-bond acceptors (Lipinski definition) is 5. The minimum Gasteiger partial charge on any atom is -0.456 e. The summed E-state index contributed by atoms with van der Waals surface area (Å²) in [5.74, 6) is 1.17. The molecule has 46 heavy (non-hydrogen) atoms. The number of pyridine rings is 1. The molecule has 9 rings (SSSR count). The van der Waals surface area contributed by atoms with Crippen molar-refractivity contribution in [2.24, 2.45) is 0 Å². The second-order valence-corrected chi connectivity index (χ2v) is 11.3. The third-order valence-electron chi connectivity index (χ3n) is 8.42. The fourth-order valence-corrected chi connectivity index (χ4v) is 6.11. The van der Waals surface area contributed by atoms with E-state index in [-0.39, 0.29) is 5.82 Å². The Labute approximate surface area is 262 Å². The summed E-state index contributed by atoms with van der Waals surface area (Å²) >= 11 is 0. The van der Waals surface area contributed by atoms with Crippen LogP contribution >= 0.6 is 0 Å². The lowest BCUT2D eigenvalue weighted by Gasteiger charge is -2.10. The SMILES string of the molecule is Fc1ccc(-c2nc(-c3ccc(-c4ccc5cccnc5c4)cc3)nc(-c3cccc4oc5cc6ccccc6cc5c34)n2)cc1. The number of nitrogens with zero attached hydrogens (tertiary/aromatic N) is 4. The molecule has 0 bridgehead atoms. The molecule has 0 aliphatic carbocycles. The van der Waals surface area contributed by atoms with Gasteiger partial charge in [-0.05, 0) is 76.5 Å². The lowest BCUT2D eigenvalue weighted by atomic mass is 10.0. The molecule has 0 amide bonds. The van der Waals surface area contributed by atoms with Crippen LogP contribution in [0.15, 0.2) is 144 Å². The van der Waals surface area contributed by atoms with E-state index in [0.717, 1.165) is 65.9 Å². The van der Waals surface area contributed by atoms with Gasteiger partial charge in [0.05, 0.1) is 5.52 Å². The molecule has 216 valence electrons. The number of benzene rings is 6. The van der Waals surface area contributed by atoms with Gasteiger partial charge in [-0.25, -0.2) is 19.3 Å². The molecule has 0 aliphatic heterocycles. The van der Waals surface area contributed by atoms with E-state index in [2.05, 4.69) is 65.6 Å². The molecule has 0 atom stereocenters. The zero-order valence-electron chi connectivity index (χ0n) is 24.4. The van der Waals surface area contributed by atoms with Crippen molar-refractivity contribution >= 4 is 43.6 Å². The highest BCUT2D eigenvalue weighted by atomic mass is 19.1. The minimum absolute atomic E-state index is 0.320. The standard InChI is InChI=1S/C40H23FN4O/c41-31-18-16-27(17-19-31)39-43-38(26-13-10-24(11-14-26)30-15-12-25-7-4-20-42-34(25)22-30)44-40(45-39)32-8-3-9-35-37(32)33-21-28-5-1-2-6-29(28)23-36(33)46-35/h1-23H. The highest BCUT2D eigenvalue weighted by molar-refractivity contribution is 6.15. The van der Waals surface area contributed by atoms with Gasteiger partial charge < -0.3 is 4.42 Å². The molecule has 0 N–H and O–H groups in total. The first-order chi connectivity index (χ1) is 22.7. The quantitative estimate of drug-likeness (QED) is 0.203. The Morgan fingerprint density at radius 3 is 1.91 bits per heavy atom. The maximum atomic E-state index is 13.9. The average Bonchev–Trinajstić information content (AvgIpc) is 3.48. The average molecular weight is 595 g/mol. The van der Waals surface area contributed by atoms with Crippen molar-refractivity contribution in [2.45, 2.75) is 0 Å². The largest absolute Gasteiger partial charge is 0.456 e. The second-order valence-electron chi connectivity index (χ2n) is 11.3. The van der Waals surface area contributed by atoms with E-state index in [1.807, 2.05) is 48.5 Å². The highest BCUT2D eigenvalue weighted by Gasteiger charge is 2.18. The Bertz CT molecular complexity index is 2590. The lowest BCUT2D eigenvalue weighted by molar-refractivity contribution is 0.628. The van der Waals surface area contributed by atoms with Crippen LogP contribution in [0.2, 0.25) is 0 Å². The van der Waals surface area contributed by atoms with Crippen LogP contribution in [0.4, 0.5) is 4.39 Å². The van der Waals surface area contributed by atoms with E-state index in [1.54, 1.807) is 18.3 Å². The molecule has 0 fully saturated rings. The number of aromatic nitrogens is 4. The Hall–Kier alpha value is -6.27. The van der Waals surface area contributed by atoms with Crippen LogP contribution in [0.1, 0.15) is 0 Å². The summed E-state index contributed by atoms with van der Waals surface area (Å²) in [4.78, 5) is 19.3. The zero-order valence-corrected chi connectivity index (χ0v) is 24.4. The Morgan fingerprint density at radius 1 is 0.478 bits per heavy atom. The molecule has 0 saturated carbocycles. The molecular formula is C40H23FN4O. The first-order valence-corrected chi connectivity index (χ1v) is 15.0. The van der Waals surface area contributed by atoms with Crippen LogP contribution in [-0.2, 0) is 0 Å². The molecule has 6 aromatic carbocycles. The van der Waals surface area contributed by atoms with Crippen molar-refractivity contribution < 1.29 is 8.81 Å². The van der Waals surface area contributed by atoms with Gasteiger partial charge in [0.1, 0.15) is 17.0 Å². The van der Waals surface area contributed by atoms with Gasteiger partial charge in [0.15, 0.2) is 17.5 Å². The topological polar surface area (TPSA) is 64.7 Å². The molecular weight excluding hydrogens is 571 g/mol.